The Morgan fingerprint density at radius 2 is 1.75 bits per heavy atom. The molecule has 8 nitrogen and oxygen atoms in total. The predicted molar refractivity (Wildman–Crippen MR) is 121 cm³/mol. The van der Waals surface area contributed by atoms with E-state index in [0.717, 1.165) is 12.8 Å². The van der Waals surface area contributed by atoms with Crippen LogP contribution < -0.4 is 4.90 Å². The number of hydrogen-bond acceptors (Lipinski definition) is 5. The van der Waals surface area contributed by atoms with Gasteiger partial charge in [-0.3, -0.25) is 24.6 Å². The zero-order valence-corrected chi connectivity index (χ0v) is 18.1. The smallest absolute Gasteiger partial charge is 0.271 e. The van der Waals surface area contributed by atoms with Gasteiger partial charge in [-0.15, -0.1) is 0 Å². The van der Waals surface area contributed by atoms with Crippen LogP contribution >= 0.6 is 0 Å². The lowest BCUT2D eigenvalue weighted by Crippen LogP contribution is -2.53. The summed E-state index contributed by atoms with van der Waals surface area (Å²) in [5.41, 5.74) is 1.80. The normalized spacial score (nSPS) is 19.4. The van der Waals surface area contributed by atoms with E-state index in [1.165, 1.54) is 17.7 Å². The van der Waals surface area contributed by atoms with Crippen LogP contribution in [0.2, 0.25) is 0 Å². The second-order valence-corrected chi connectivity index (χ2v) is 8.33. The maximum atomic E-state index is 13.0. The molecule has 8 heteroatoms. The first-order chi connectivity index (χ1) is 15.5. The Balaban J connectivity index is 1.26. The summed E-state index contributed by atoms with van der Waals surface area (Å²) in [5.74, 6) is 0.157. The van der Waals surface area contributed by atoms with E-state index in [-0.39, 0.29) is 23.5 Å². The molecule has 2 saturated heterocycles. The maximum Gasteiger partial charge on any atom is 0.271 e. The van der Waals surface area contributed by atoms with Gasteiger partial charge in [0.25, 0.3) is 5.69 Å². The third kappa shape index (κ3) is 4.96. The summed E-state index contributed by atoms with van der Waals surface area (Å²) in [5, 5.41) is 11.0. The van der Waals surface area contributed by atoms with Crippen molar-refractivity contribution < 1.29 is 14.5 Å². The number of nitrogens with zero attached hydrogens (tertiary/aromatic N) is 4. The summed E-state index contributed by atoms with van der Waals surface area (Å²) >= 11 is 0. The van der Waals surface area contributed by atoms with E-state index in [1.54, 1.807) is 17.0 Å². The second kappa shape index (κ2) is 9.91. The maximum absolute atomic E-state index is 13.0. The molecule has 168 valence electrons. The first-order valence-corrected chi connectivity index (χ1v) is 11.1. The molecule has 32 heavy (non-hydrogen) atoms. The van der Waals surface area contributed by atoms with E-state index in [4.69, 9.17) is 0 Å². The molecule has 0 bridgehead atoms. The molecule has 4 rings (SSSR count). The zero-order valence-electron chi connectivity index (χ0n) is 18.1. The Labute approximate surface area is 187 Å². The highest BCUT2D eigenvalue weighted by atomic mass is 16.6. The Hall–Kier alpha value is -3.26. The molecule has 2 aliphatic heterocycles. The summed E-state index contributed by atoms with van der Waals surface area (Å²) in [4.78, 5) is 41.9. The van der Waals surface area contributed by atoms with Crippen LogP contribution in [0.1, 0.15) is 24.8 Å². The van der Waals surface area contributed by atoms with E-state index >= 15 is 0 Å². The molecule has 2 aliphatic rings. The fourth-order valence-corrected chi connectivity index (χ4v) is 4.56. The highest BCUT2D eigenvalue weighted by molar-refractivity contribution is 5.99. The lowest BCUT2D eigenvalue weighted by Gasteiger charge is -2.37. The van der Waals surface area contributed by atoms with Gasteiger partial charge in [0, 0.05) is 51.3 Å². The van der Waals surface area contributed by atoms with Crippen molar-refractivity contribution in [2.45, 2.75) is 31.7 Å². The van der Waals surface area contributed by atoms with Crippen molar-refractivity contribution in [1.29, 1.82) is 0 Å². The first-order valence-electron chi connectivity index (χ1n) is 11.1. The monoisotopic (exact) mass is 436 g/mol. The minimum Gasteiger partial charge on any atom is -0.340 e. The van der Waals surface area contributed by atoms with Gasteiger partial charge in [-0.25, -0.2) is 0 Å². The summed E-state index contributed by atoms with van der Waals surface area (Å²) in [7, 11) is 0. The van der Waals surface area contributed by atoms with Crippen molar-refractivity contribution in [1.82, 2.24) is 9.80 Å². The molecular weight excluding hydrogens is 408 g/mol. The van der Waals surface area contributed by atoms with Crippen LogP contribution in [-0.2, 0) is 16.0 Å². The molecule has 2 amide bonds. The van der Waals surface area contributed by atoms with E-state index in [1.807, 2.05) is 23.1 Å². The third-order valence-corrected chi connectivity index (χ3v) is 6.34. The van der Waals surface area contributed by atoms with E-state index in [0.29, 0.717) is 51.3 Å². The number of anilines is 1. The van der Waals surface area contributed by atoms with Crippen molar-refractivity contribution in [3.63, 3.8) is 0 Å². The standard InChI is InChI=1S/C24H28N4O4/c29-23(11-4-8-19-6-2-1-3-7-19)26-16-14-25(15-17-26)22-12-13-27(24(22)30)20-9-5-10-21(18-20)28(31)32/h1-3,5-7,9-10,18,22H,4,8,11-17H2. The number of carbonyl (C=O) groups is 2. The molecule has 1 atom stereocenters. The fourth-order valence-electron chi connectivity index (χ4n) is 4.56. The molecule has 0 saturated carbocycles. The van der Waals surface area contributed by atoms with Gasteiger partial charge in [0.05, 0.1) is 16.7 Å². The van der Waals surface area contributed by atoms with Gasteiger partial charge < -0.3 is 9.80 Å². The van der Waals surface area contributed by atoms with Crippen LogP contribution in [0.4, 0.5) is 11.4 Å². The number of hydrogen-bond donors (Lipinski definition) is 0. The van der Waals surface area contributed by atoms with Crippen molar-refractivity contribution in [2.24, 2.45) is 0 Å². The Kier molecular flexibility index (Phi) is 6.80. The molecule has 1 unspecified atom stereocenters. The van der Waals surface area contributed by atoms with Crippen LogP contribution in [-0.4, -0.2) is 65.3 Å². The zero-order chi connectivity index (χ0) is 22.5. The first kappa shape index (κ1) is 22.0. The van der Waals surface area contributed by atoms with E-state index in [2.05, 4.69) is 17.0 Å². The molecule has 0 aliphatic carbocycles. The second-order valence-electron chi connectivity index (χ2n) is 8.33. The molecule has 0 N–H and O–H groups in total. The minimum atomic E-state index is -0.447. The Bertz CT molecular complexity index is 973. The molecule has 0 aromatic heterocycles. The Morgan fingerprint density at radius 1 is 1.00 bits per heavy atom. The number of benzene rings is 2. The van der Waals surface area contributed by atoms with Gasteiger partial charge in [0.1, 0.15) is 0 Å². The van der Waals surface area contributed by atoms with Crippen LogP contribution in [0.5, 0.6) is 0 Å². The Morgan fingerprint density at radius 3 is 2.47 bits per heavy atom. The molecule has 0 spiro atoms. The van der Waals surface area contributed by atoms with Crippen molar-refractivity contribution in [3.05, 3.63) is 70.3 Å². The number of nitro benzene ring substituents is 1. The largest absolute Gasteiger partial charge is 0.340 e. The number of piperazine rings is 1. The number of aryl methyl sites for hydroxylation is 1. The topological polar surface area (TPSA) is 87.0 Å². The average Bonchev–Trinajstić information content (AvgIpc) is 3.21. The van der Waals surface area contributed by atoms with Gasteiger partial charge in [-0.05, 0) is 30.9 Å². The fraction of sp³-hybridized carbons (Fsp3) is 0.417. The summed E-state index contributed by atoms with van der Waals surface area (Å²) in [6.07, 6.45) is 2.96. The highest BCUT2D eigenvalue weighted by Gasteiger charge is 2.38. The van der Waals surface area contributed by atoms with E-state index in [9.17, 15) is 19.7 Å². The van der Waals surface area contributed by atoms with Gasteiger partial charge in [-0.2, -0.15) is 0 Å². The molecular formula is C24H28N4O4. The summed E-state index contributed by atoms with van der Waals surface area (Å²) in [6.45, 7) is 3.14. The van der Waals surface area contributed by atoms with Crippen LogP contribution in [0, 0.1) is 10.1 Å². The molecule has 2 heterocycles. The molecule has 2 fully saturated rings. The van der Waals surface area contributed by atoms with Crippen molar-refractivity contribution >= 4 is 23.2 Å². The van der Waals surface area contributed by atoms with Crippen molar-refractivity contribution in [2.75, 3.05) is 37.6 Å². The molecule has 0 radical (unpaired) electrons. The predicted octanol–water partition coefficient (Wildman–Crippen LogP) is 2.87. The van der Waals surface area contributed by atoms with E-state index < -0.39 is 4.92 Å². The van der Waals surface area contributed by atoms with Gasteiger partial charge >= 0.3 is 0 Å². The minimum absolute atomic E-state index is 0.0156. The van der Waals surface area contributed by atoms with Crippen LogP contribution in [0.3, 0.4) is 0 Å². The van der Waals surface area contributed by atoms with Gasteiger partial charge in [0.2, 0.25) is 11.8 Å². The van der Waals surface area contributed by atoms with Crippen LogP contribution in [0.25, 0.3) is 0 Å². The van der Waals surface area contributed by atoms with Gasteiger partial charge in [0.15, 0.2) is 0 Å². The SMILES string of the molecule is O=C(CCCc1ccccc1)N1CCN(C2CCN(c3cccc([N+](=O)[O-])c3)C2=O)CC1. The van der Waals surface area contributed by atoms with Crippen LogP contribution in [0.15, 0.2) is 54.6 Å². The quantitative estimate of drug-likeness (QED) is 0.492. The number of nitro groups is 1. The number of non-ortho nitro benzene ring substituents is 1. The summed E-state index contributed by atoms with van der Waals surface area (Å²) in [6, 6.07) is 16.2. The lowest BCUT2D eigenvalue weighted by molar-refractivity contribution is -0.384. The summed E-state index contributed by atoms with van der Waals surface area (Å²) < 4.78 is 0. The average molecular weight is 437 g/mol. The third-order valence-electron chi connectivity index (χ3n) is 6.34. The molecule has 2 aromatic rings. The number of amides is 2. The highest BCUT2D eigenvalue weighted by Crippen LogP contribution is 2.28. The molecule has 2 aromatic carbocycles. The number of carbonyl (C=O) groups excluding carboxylic acids is 2. The van der Waals surface area contributed by atoms with Crippen molar-refractivity contribution in [3.8, 4) is 0 Å². The number of rotatable bonds is 7. The van der Waals surface area contributed by atoms with Gasteiger partial charge in [-0.1, -0.05) is 36.4 Å². The lowest BCUT2D eigenvalue weighted by atomic mass is 10.1.